The van der Waals surface area contributed by atoms with Crippen molar-refractivity contribution in [1.82, 2.24) is 15.5 Å². The molecule has 1 saturated heterocycles. The van der Waals surface area contributed by atoms with Gasteiger partial charge in [-0.05, 0) is 31.5 Å². The normalized spacial score (nSPS) is 20.5. The van der Waals surface area contributed by atoms with Crippen LogP contribution < -0.4 is 16.0 Å². The maximum Gasteiger partial charge on any atom is 0.319 e. The molecule has 1 aromatic rings. The quantitative estimate of drug-likeness (QED) is 0.721. The van der Waals surface area contributed by atoms with Crippen molar-refractivity contribution in [1.29, 1.82) is 0 Å². The lowest BCUT2D eigenvalue weighted by atomic mass is 10.1. The SMILES string of the molecule is CNC(=O)Cc1cccc(NC(=O)N[C@H]2CN(C(C)C)C[C@@H]2OC)c1. The maximum absolute atomic E-state index is 12.3. The molecule has 2 atom stereocenters. The second-order valence-corrected chi connectivity index (χ2v) is 6.58. The summed E-state index contributed by atoms with van der Waals surface area (Å²) in [5.74, 6) is -0.0655. The summed E-state index contributed by atoms with van der Waals surface area (Å²) in [5.41, 5.74) is 1.50. The molecule has 0 unspecified atom stereocenters. The van der Waals surface area contributed by atoms with Gasteiger partial charge in [-0.25, -0.2) is 4.79 Å². The van der Waals surface area contributed by atoms with Crippen molar-refractivity contribution in [2.45, 2.75) is 38.5 Å². The molecular weight excluding hydrogens is 320 g/mol. The minimum absolute atomic E-state index is 0.0206. The fourth-order valence-corrected chi connectivity index (χ4v) is 2.97. The number of ether oxygens (including phenoxy) is 1. The van der Waals surface area contributed by atoms with Crippen LogP contribution in [-0.4, -0.2) is 62.3 Å². The van der Waals surface area contributed by atoms with E-state index in [1.54, 1.807) is 26.3 Å². The highest BCUT2D eigenvalue weighted by Gasteiger charge is 2.34. The van der Waals surface area contributed by atoms with Gasteiger partial charge in [0.2, 0.25) is 5.91 Å². The van der Waals surface area contributed by atoms with Crippen LogP contribution in [0, 0.1) is 0 Å². The second-order valence-electron chi connectivity index (χ2n) is 6.58. The van der Waals surface area contributed by atoms with Crippen molar-refractivity contribution < 1.29 is 14.3 Å². The van der Waals surface area contributed by atoms with Crippen LogP contribution in [0.4, 0.5) is 10.5 Å². The van der Waals surface area contributed by atoms with E-state index in [1.807, 2.05) is 12.1 Å². The van der Waals surface area contributed by atoms with E-state index in [2.05, 4.69) is 34.7 Å². The van der Waals surface area contributed by atoms with E-state index in [-0.39, 0.29) is 30.5 Å². The third-order valence-electron chi connectivity index (χ3n) is 4.47. The molecule has 0 radical (unpaired) electrons. The van der Waals surface area contributed by atoms with E-state index in [1.165, 1.54) is 0 Å². The molecule has 138 valence electrons. The van der Waals surface area contributed by atoms with Gasteiger partial charge in [0.25, 0.3) is 0 Å². The number of benzene rings is 1. The standard InChI is InChI=1S/C18H28N4O3/c1-12(2)22-10-15(16(11-22)25-4)21-18(24)20-14-7-5-6-13(8-14)9-17(23)19-3/h5-8,12,15-16H,9-11H2,1-4H3,(H,19,23)(H2,20,21,24)/t15-,16-/m0/s1. The Balaban J connectivity index is 1.93. The zero-order chi connectivity index (χ0) is 18.4. The average molecular weight is 348 g/mol. The number of likely N-dealkylation sites (tertiary alicyclic amines) is 1. The van der Waals surface area contributed by atoms with Gasteiger partial charge >= 0.3 is 6.03 Å². The summed E-state index contributed by atoms with van der Waals surface area (Å²) in [4.78, 5) is 26.1. The number of nitrogens with one attached hydrogen (secondary N) is 3. The van der Waals surface area contributed by atoms with Gasteiger partial charge in [-0.3, -0.25) is 9.69 Å². The minimum atomic E-state index is -0.269. The highest BCUT2D eigenvalue weighted by molar-refractivity contribution is 5.89. The van der Waals surface area contributed by atoms with Gasteiger partial charge in [0, 0.05) is 39.0 Å². The number of urea groups is 1. The Morgan fingerprint density at radius 3 is 2.72 bits per heavy atom. The molecule has 1 aliphatic heterocycles. The van der Waals surface area contributed by atoms with E-state index in [9.17, 15) is 9.59 Å². The third kappa shape index (κ3) is 5.44. The number of amides is 3. The van der Waals surface area contributed by atoms with E-state index >= 15 is 0 Å². The summed E-state index contributed by atoms with van der Waals surface area (Å²) in [6.07, 6.45) is 0.262. The molecule has 0 aromatic heterocycles. The molecular formula is C18H28N4O3. The molecule has 3 amide bonds. The largest absolute Gasteiger partial charge is 0.378 e. The van der Waals surface area contributed by atoms with Crippen LogP contribution in [0.15, 0.2) is 24.3 Å². The molecule has 1 heterocycles. The van der Waals surface area contributed by atoms with Gasteiger partial charge < -0.3 is 20.7 Å². The number of likely N-dealkylation sites (N-methyl/N-ethyl adjacent to an activating group) is 1. The number of methoxy groups -OCH3 is 1. The lowest BCUT2D eigenvalue weighted by Gasteiger charge is -2.20. The molecule has 0 bridgehead atoms. The average Bonchev–Trinajstić information content (AvgIpc) is 2.98. The summed E-state index contributed by atoms with van der Waals surface area (Å²) >= 11 is 0. The Labute approximate surface area is 149 Å². The fraction of sp³-hybridized carbons (Fsp3) is 0.556. The molecule has 25 heavy (non-hydrogen) atoms. The molecule has 2 rings (SSSR count). The smallest absolute Gasteiger partial charge is 0.319 e. The van der Waals surface area contributed by atoms with Crippen molar-refractivity contribution in [3.63, 3.8) is 0 Å². The summed E-state index contributed by atoms with van der Waals surface area (Å²) in [6, 6.07) is 7.37. The molecule has 7 heteroatoms. The minimum Gasteiger partial charge on any atom is -0.378 e. The highest BCUT2D eigenvalue weighted by Crippen LogP contribution is 2.16. The first-order valence-corrected chi connectivity index (χ1v) is 8.56. The third-order valence-corrected chi connectivity index (χ3v) is 4.47. The molecule has 7 nitrogen and oxygen atoms in total. The first-order valence-electron chi connectivity index (χ1n) is 8.56. The lowest BCUT2D eigenvalue weighted by molar-refractivity contribution is -0.119. The van der Waals surface area contributed by atoms with Gasteiger partial charge in [0.1, 0.15) is 0 Å². The number of nitrogens with zero attached hydrogens (tertiary/aromatic N) is 1. The molecule has 1 fully saturated rings. The number of carbonyl (C=O) groups excluding carboxylic acids is 2. The van der Waals surface area contributed by atoms with Crippen LogP contribution >= 0.6 is 0 Å². The molecule has 0 saturated carbocycles. The van der Waals surface area contributed by atoms with Crippen LogP contribution in [0.5, 0.6) is 0 Å². The van der Waals surface area contributed by atoms with Crippen molar-refractivity contribution in [3.8, 4) is 0 Å². The van der Waals surface area contributed by atoms with Crippen LogP contribution in [-0.2, 0) is 16.0 Å². The Morgan fingerprint density at radius 2 is 2.08 bits per heavy atom. The van der Waals surface area contributed by atoms with Crippen molar-refractivity contribution in [2.75, 3.05) is 32.6 Å². The van der Waals surface area contributed by atoms with Crippen molar-refractivity contribution >= 4 is 17.6 Å². The molecule has 1 aliphatic rings. The predicted octanol–water partition coefficient (Wildman–Crippen LogP) is 1.20. The van der Waals surface area contributed by atoms with Gasteiger partial charge in [-0.15, -0.1) is 0 Å². The van der Waals surface area contributed by atoms with E-state index in [4.69, 9.17) is 4.74 Å². The number of anilines is 1. The van der Waals surface area contributed by atoms with Crippen LogP contribution in [0.1, 0.15) is 19.4 Å². The van der Waals surface area contributed by atoms with Gasteiger partial charge in [0.15, 0.2) is 0 Å². The van der Waals surface area contributed by atoms with Gasteiger partial charge in [-0.2, -0.15) is 0 Å². The maximum atomic E-state index is 12.3. The Morgan fingerprint density at radius 1 is 1.32 bits per heavy atom. The van der Waals surface area contributed by atoms with Crippen LogP contribution in [0.25, 0.3) is 0 Å². The van der Waals surface area contributed by atoms with Crippen LogP contribution in [0.3, 0.4) is 0 Å². The summed E-state index contributed by atoms with van der Waals surface area (Å²) in [5, 5.41) is 8.41. The first-order chi connectivity index (χ1) is 11.9. The second kappa shape index (κ2) is 8.82. The number of hydrogen-bond acceptors (Lipinski definition) is 4. The zero-order valence-electron chi connectivity index (χ0n) is 15.3. The number of carbonyl (C=O) groups is 2. The van der Waals surface area contributed by atoms with E-state index < -0.39 is 0 Å². The monoisotopic (exact) mass is 348 g/mol. The Hall–Kier alpha value is -2.12. The van der Waals surface area contributed by atoms with Gasteiger partial charge in [-0.1, -0.05) is 12.1 Å². The van der Waals surface area contributed by atoms with Crippen molar-refractivity contribution in [2.24, 2.45) is 0 Å². The van der Waals surface area contributed by atoms with Crippen molar-refractivity contribution in [3.05, 3.63) is 29.8 Å². The number of hydrogen-bond donors (Lipinski definition) is 3. The molecule has 0 spiro atoms. The summed E-state index contributed by atoms with van der Waals surface area (Å²) in [7, 11) is 3.27. The zero-order valence-corrected chi connectivity index (χ0v) is 15.3. The fourth-order valence-electron chi connectivity index (χ4n) is 2.97. The molecule has 0 aliphatic carbocycles. The van der Waals surface area contributed by atoms with Gasteiger partial charge in [0.05, 0.1) is 18.6 Å². The van der Waals surface area contributed by atoms with E-state index in [0.29, 0.717) is 11.7 Å². The van der Waals surface area contributed by atoms with E-state index in [0.717, 1.165) is 18.7 Å². The molecule has 3 N–H and O–H groups in total. The first kappa shape index (κ1) is 19.2. The lowest BCUT2D eigenvalue weighted by Crippen LogP contribution is -2.45. The number of rotatable bonds is 6. The summed E-state index contributed by atoms with van der Waals surface area (Å²) < 4.78 is 5.50. The predicted molar refractivity (Wildman–Crippen MR) is 97.7 cm³/mol. The Kier molecular flexibility index (Phi) is 6.78. The Bertz CT molecular complexity index is 606. The molecule has 1 aromatic carbocycles. The summed E-state index contributed by atoms with van der Waals surface area (Å²) in [6.45, 7) is 5.83. The van der Waals surface area contributed by atoms with Crippen LogP contribution in [0.2, 0.25) is 0 Å². The highest BCUT2D eigenvalue weighted by atomic mass is 16.5. The topological polar surface area (TPSA) is 82.7 Å².